The van der Waals surface area contributed by atoms with Crippen LogP contribution in [0.5, 0.6) is 0 Å². The molecule has 0 bridgehead atoms. The lowest BCUT2D eigenvalue weighted by molar-refractivity contribution is -0.118. The number of nitrogens with zero attached hydrogens (tertiary/aromatic N) is 1. The second-order valence-electron chi connectivity index (χ2n) is 4.12. The highest BCUT2D eigenvalue weighted by Crippen LogP contribution is 2.40. The van der Waals surface area contributed by atoms with Gasteiger partial charge in [-0.2, -0.15) is 0 Å². The van der Waals surface area contributed by atoms with Crippen LogP contribution in [0, 0.1) is 0 Å². The normalized spacial score (nSPS) is 17.7. The molecule has 1 atom stereocenters. The van der Waals surface area contributed by atoms with Gasteiger partial charge in [-0.3, -0.25) is 4.79 Å². The number of carbonyl (C=O) groups is 1. The molecule has 6 heteroatoms. The first-order valence-electron chi connectivity index (χ1n) is 6.97. The van der Waals surface area contributed by atoms with E-state index in [1.54, 1.807) is 9.12 Å². The molecule has 0 saturated carbocycles. The predicted octanol–water partition coefficient (Wildman–Crippen LogP) is 3.10. The van der Waals surface area contributed by atoms with Gasteiger partial charge in [0.1, 0.15) is 0 Å². The van der Waals surface area contributed by atoms with E-state index in [0.29, 0.717) is 0 Å². The number of halogens is 1. The first-order chi connectivity index (χ1) is 10.3. The van der Waals surface area contributed by atoms with E-state index in [2.05, 4.69) is 30.8 Å². The summed E-state index contributed by atoms with van der Waals surface area (Å²) in [5.41, 5.74) is 1.86. The van der Waals surface area contributed by atoms with Crippen molar-refractivity contribution in [2.75, 3.05) is 19.7 Å². The Hall–Kier alpha value is -0.570. The third kappa shape index (κ3) is 4.98. The lowest BCUT2D eigenvalue weighted by atomic mass is 10.0. The minimum atomic E-state index is -0.101. The van der Waals surface area contributed by atoms with Gasteiger partial charge in [-0.05, 0) is 14.7 Å². The maximum Gasteiger partial charge on any atom is 0.248 e. The second kappa shape index (κ2) is 10.2. The first kappa shape index (κ1) is 18.5. The van der Waals surface area contributed by atoms with Crippen LogP contribution in [0.3, 0.4) is 0 Å². The number of rotatable bonds is 5. The van der Waals surface area contributed by atoms with Crippen molar-refractivity contribution in [1.29, 1.82) is 0 Å². The fourth-order valence-corrected chi connectivity index (χ4v) is 3.71. The molecule has 1 aromatic rings. The Morgan fingerprint density at radius 3 is 2.67 bits per heavy atom. The highest BCUT2D eigenvalue weighted by atomic mass is 127. The van der Waals surface area contributed by atoms with E-state index in [-0.39, 0.29) is 25.1 Å². The van der Waals surface area contributed by atoms with Crippen LogP contribution >= 0.6 is 30.3 Å². The van der Waals surface area contributed by atoms with Gasteiger partial charge in [0, 0.05) is 39.9 Å². The summed E-state index contributed by atoms with van der Waals surface area (Å²) in [5.74, 6) is -0.101. The summed E-state index contributed by atoms with van der Waals surface area (Å²) in [4.78, 5) is 12.1. The third-order valence-electron chi connectivity index (χ3n) is 2.94. The van der Waals surface area contributed by atoms with E-state index in [9.17, 15) is 4.79 Å². The summed E-state index contributed by atoms with van der Waals surface area (Å²) in [5, 5.41) is 11.5. The summed E-state index contributed by atoms with van der Waals surface area (Å²) in [7, 11) is 1.60. The Bertz CT molecular complexity index is 468. The van der Waals surface area contributed by atoms with E-state index in [4.69, 9.17) is 5.11 Å². The van der Waals surface area contributed by atoms with Gasteiger partial charge in [0.25, 0.3) is 0 Å². The first-order valence-corrected chi connectivity index (χ1v) is 10.3. The quantitative estimate of drug-likeness (QED) is 0.568. The van der Waals surface area contributed by atoms with E-state index >= 15 is 0 Å². The van der Waals surface area contributed by atoms with Crippen molar-refractivity contribution in [3.8, 4) is 0 Å². The number of aliphatic hydroxyl groups is 1. The third-order valence-corrected chi connectivity index (χ3v) is 4.99. The number of hydrogen-bond donors (Lipinski definition) is 2. The van der Waals surface area contributed by atoms with Crippen LogP contribution in [0.15, 0.2) is 42.0 Å². The SMILES string of the molecule is CC.O=C(NCCO)C1=CCN(SI)C1c1ccccc1. The maximum absolute atomic E-state index is 12.1. The van der Waals surface area contributed by atoms with Crippen molar-refractivity contribution in [1.82, 2.24) is 9.62 Å². The molecule has 0 fully saturated rings. The van der Waals surface area contributed by atoms with Gasteiger partial charge in [-0.1, -0.05) is 50.3 Å². The zero-order valence-electron chi connectivity index (χ0n) is 12.3. The maximum atomic E-state index is 12.1. The average Bonchev–Trinajstić information content (AvgIpc) is 2.99. The molecule has 1 aliphatic rings. The van der Waals surface area contributed by atoms with Gasteiger partial charge in [-0.15, -0.1) is 0 Å². The molecule has 2 N–H and O–H groups in total. The lowest BCUT2D eigenvalue weighted by Gasteiger charge is -2.23. The molecular weight excluding hydrogens is 399 g/mol. The Labute approximate surface area is 142 Å². The standard InChI is InChI=1S/C13H15IN2O2S.C2H6/c14-19-16-8-6-11(13(18)15-7-9-17)12(16)10-4-2-1-3-5-10;1-2/h1-6,12,17H,7-9H2,(H,15,18);1-2H3. The predicted molar refractivity (Wildman–Crippen MR) is 97.0 cm³/mol. The molecule has 1 heterocycles. The zero-order valence-corrected chi connectivity index (χ0v) is 15.2. The number of benzene rings is 1. The minimum absolute atomic E-state index is 0.0261. The van der Waals surface area contributed by atoms with Crippen molar-refractivity contribution < 1.29 is 9.90 Å². The Kier molecular flexibility index (Phi) is 8.98. The number of nitrogens with one attached hydrogen (secondary N) is 1. The van der Waals surface area contributed by atoms with Gasteiger partial charge < -0.3 is 10.4 Å². The highest BCUT2D eigenvalue weighted by Gasteiger charge is 2.32. The molecule has 0 aromatic heterocycles. The monoisotopic (exact) mass is 420 g/mol. The summed E-state index contributed by atoms with van der Waals surface area (Å²) < 4.78 is 2.16. The number of hydrogen-bond acceptors (Lipinski definition) is 4. The van der Waals surface area contributed by atoms with E-state index < -0.39 is 0 Å². The topological polar surface area (TPSA) is 52.6 Å². The fraction of sp³-hybridized carbons (Fsp3) is 0.400. The van der Waals surface area contributed by atoms with Gasteiger partial charge in [0.15, 0.2) is 0 Å². The van der Waals surface area contributed by atoms with Gasteiger partial charge in [0.2, 0.25) is 5.91 Å². The highest BCUT2D eigenvalue weighted by molar-refractivity contribution is 14.2. The molecule has 0 saturated heterocycles. The van der Waals surface area contributed by atoms with Crippen molar-refractivity contribution in [2.45, 2.75) is 19.9 Å². The van der Waals surface area contributed by atoms with Crippen LogP contribution < -0.4 is 5.32 Å². The van der Waals surface area contributed by atoms with Crippen LogP contribution in [0.2, 0.25) is 0 Å². The Morgan fingerprint density at radius 2 is 2.10 bits per heavy atom. The molecule has 2 rings (SSSR count). The van der Waals surface area contributed by atoms with Crippen molar-refractivity contribution >= 4 is 36.2 Å². The molecule has 1 amide bonds. The van der Waals surface area contributed by atoms with Crippen molar-refractivity contribution in [2.24, 2.45) is 0 Å². The zero-order chi connectivity index (χ0) is 15.7. The van der Waals surface area contributed by atoms with Crippen molar-refractivity contribution in [3.05, 3.63) is 47.5 Å². The van der Waals surface area contributed by atoms with E-state index in [1.807, 2.05) is 50.3 Å². The molecule has 0 radical (unpaired) electrons. The summed E-state index contributed by atoms with van der Waals surface area (Å²) in [6.45, 7) is 4.99. The molecular formula is C15H21IN2O2S. The molecule has 1 unspecified atom stereocenters. The molecule has 1 aromatic carbocycles. The number of amides is 1. The average molecular weight is 420 g/mol. The molecule has 4 nitrogen and oxygen atoms in total. The van der Waals surface area contributed by atoms with Crippen LogP contribution in [-0.2, 0) is 4.79 Å². The molecule has 116 valence electrons. The van der Waals surface area contributed by atoms with Gasteiger partial charge >= 0.3 is 0 Å². The minimum Gasteiger partial charge on any atom is -0.395 e. The molecule has 21 heavy (non-hydrogen) atoms. The van der Waals surface area contributed by atoms with E-state index in [0.717, 1.165) is 17.7 Å². The molecule has 0 spiro atoms. The van der Waals surface area contributed by atoms with E-state index in [1.165, 1.54) is 0 Å². The largest absolute Gasteiger partial charge is 0.395 e. The lowest BCUT2D eigenvalue weighted by Crippen LogP contribution is -2.31. The smallest absolute Gasteiger partial charge is 0.248 e. The van der Waals surface area contributed by atoms with Crippen LogP contribution in [0.1, 0.15) is 25.5 Å². The second-order valence-corrected chi connectivity index (χ2v) is 5.91. The Morgan fingerprint density at radius 1 is 1.43 bits per heavy atom. The van der Waals surface area contributed by atoms with Gasteiger partial charge in [0.05, 0.1) is 12.6 Å². The van der Waals surface area contributed by atoms with Crippen LogP contribution in [0.4, 0.5) is 0 Å². The Balaban J connectivity index is 0.00000106. The van der Waals surface area contributed by atoms with Crippen molar-refractivity contribution in [3.63, 3.8) is 0 Å². The molecule has 0 aliphatic carbocycles. The van der Waals surface area contributed by atoms with Crippen LogP contribution in [-0.4, -0.2) is 35.0 Å². The summed E-state index contributed by atoms with van der Waals surface area (Å²) in [6, 6.07) is 9.96. The summed E-state index contributed by atoms with van der Waals surface area (Å²) >= 11 is 2.23. The molecule has 1 aliphatic heterocycles. The number of carbonyl (C=O) groups excluding carboxylic acids is 1. The fourth-order valence-electron chi connectivity index (χ4n) is 2.10. The summed E-state index contributed by atoms with van der Waals surface area (Å²) in [6.07, 6.45) is 1.95. The van der Waals surface area contributed by atoms with Crippen LogP contribution in [0.25, 0.3) is 0 Å². The van der Waals surface area contributed by atoms with Gasteiger partial charge in [-0.25, -0.2) is 4.31 Å². The number of aliphatic hydroxyl groups excluding tert-OH is 1.